The third-order valence-electron chi connectivity index (χ3n) is 2.95. The molecule has 0 unspecified atom stereocenters. The molecule has 1 aliphatic heterocycles. The predicted molar refractivity (Wildman–Crippen MR) is 59.9 cm³/mol. The molecule has 0 aliphatic carbocycles. The molecule has 0 atom stereocenters. The maximum atomic E-state index is 11.3. The van der Waals surface area contributed by atoms with E-state index < -0.39 is 9.84 Å². The van der Waals surface area contributed by atoms with Crippen LogP contribution in [0.2, 0.25) is 0 Å². The molecule has 2 heterocycles. The summed E-state index contributed by atoms with van der Waals surface area (Å²) >= 11 is 0. The molecule has 0 saturated carbocycles. The average molecular weight is 244 g/mol. The highest BCUT2D eigenvalue weighted by Gasteiger charge is 2.25. The topological polar surface area (TPSA) is 72.2 Å². The molecule has 5 nitrogen and oxygen atoms in total. The average Bonchev–Trinajstić information content (AvgIpc) is 2.67. The van der Waals surface area contributed by atoms with Gasteiger partial charge in [0, 0.05) is 12.8 Å². The molecule has 1 aliphatic rings. The summed E-state index contributed by atoms with van der Waals surface area (Å²) in [6, 6.07) is 0.191. The minimum absolute atomic E-state index is 0.116. The zero-order valence-corrected chi connectivity index (χ0v) is 9.86. The Morgan fingerprint density at radius 1 is 1.44 bits per heavy atom. The van der Waals surface area contributed by atoms with Gasteiger partial charge in [-0.25, -0.2) is 8.42 Å². The second-order valence-corrected chi connectivity index (χ2v) is 6.49. The van der Waals surface area contributed by atoms with Gasteiger partial charge in [0.05, 0.1) is 23.7 Å². The molecule has 2 rings (SSSR count). The largest absolute Gasteiger partial charge is 0.396 e. The summed E-state index contributed by atoms with van der Waals surface area (Å²) in [6.07, 6.45) is 5.52. The van der Waals surface area contributed by atoms with Crippen LogP contribution in [0.3, 0.4) is 0 Å². The van der Waals surface area contributed by atoms with Crippen molar-refractivity contribution in [3.8, 4) is 0 Å². The first-order chi connectivity index (χ1) is 7.61. The highest BCUT2D eigenvalue weighted by Crippen LogP contribution is 2.23. The Kier molecular flexibility index (Phi) is 3.30. The molecular formula is C10H16N2O3S. The van der Waals surface area contributed by atoms with E-state index in [0.717, 1.165) is 5.56 Å². The second kappa shape index (κ2) is 4.55. The van der Waals surface area contributed by atoms with Gasteiger partial charge in [0.2, 0.25) is 0 Å². The van der Waals surface area contributed by atoms with E-state index in [2.05, 4.69) is 5.10 Å². The highest BCUT2D eigenvalue weighted by molar-refractivity contribution is 7.91. The SMILES string of the molecule is O=S1(=O)CCC(n2cc(CCO)cn2)CC1. The van der Waals surface area contributed by atoms with Gasteiger partial charge in [0.1, 0.15) is 9.84 Å². The summed E-state index contributed by atoms with van der Waals surface area (Å²) in [4.78, 5) is 0. The Morgan fingerprint density at radius 2 is 2.12 bits per heavy atom. The zero-order valence-electron chi connectivity index (χ0n) is 9.04. The van der Waals surface area contributed by atoms with Crippen LogP contribution in [0.4, 0.5) is 0 Å². The Bertz CT molecular complexity index is 438. The van der Waals surface area contributed by atoms with E-state index in [1.807, 2.05) is 10.9 Å². The molecule has 0 radical (unpaired) electrons. The van der Waals surface area contributed by atoms with Crippen LogP contribution in [0, 0.1) is 0 Å². The van der Waals surface area contributed by atoms with Crippen molar-refractivity contribution in [2.24, 2.45) is 0 Å². The normalized spacial score (nSPS) is 21.1. The molecule has 1 aromatic rings. The minimum atomic E-state index is -2.81. The van der Waals surface area contributed by atoms with Gasteiger partial charge in [0.25, 0.3) is 0 Å². The van der Waals surface area contributed by atoms with Crippen molar-refractivity contribution in [1.82, 2.24) is 9.78 Å². The third-order valence-corrected chi connectivity index (χ3v) is 4.67. The summed E-state index contributed by atoms with van der Waals surface area (Å²) < 4.78 is 24.4. The molecule has 0 aromatic carbocycles. The third kappa shape index (κ3) is 2.62. The van der Waals surface area contributed by atoms with Crippen molar-refractivity contribution in [2.45, 2.75) is 25.3 Å². The molecule has 1 saturated heterocycles. The van der Waals surface area contributed by atoms with Gasteiger partial charge in [-0.2, -0.15) is 5.10 Å². The Labute approximate surface area is 95.0 Å². The van der Waals surface area contributed by atoms with E-state index in [0.29, 0.717) is 19.3 Å². The van der Waals surface area contributed by atoms with Gasteiger partial charge in [0.15, 0.2) is 0 Å². The van der Waals surface area contributed by atoms with Crippen LogP contribution in [0.5, 0.6) is 0 Å². The number of nitrogens with zero attached hydrogens (tertiary/aromatic N) is 2. The number of aliphatic hydroxyl groups is 1. The summed E-state index contributed by atoms with van der Waals surface area (Å²) in [5.41, 5.74) is 0.996. The van der Waals surface area contributed by atoms with E-state index in [-0.39, 0.29) is 24.2 Å². The van der Waals surface area contributed by atoms with Gasteiger partial charge in [-0.3, -0.25) is 4.68 Å². The van der Waals surface area contributed by atoms with Crippen LogP contribution < -0.4 is 0 Å². The standard InChI is InChI=1S/C10H16N2O3S/c13-4-1-9-7-11-12(8-9)10-2-5-16(14,15)6-3-10/h7-8,10,13H,1-6H2. The number of sulfone groups is 1. The van der Waals surface area contributed by atoms with Gasteiger partial charge >= 0.3 is 0 Å². The van der Waals surface area contributed by atoms with Crippen LogP contribution in [0.15, 0.2) is 12.4 Å². The van der Waals surface area contributed by atoms with Gasteiger partial charge in [-0.1, -0.05) is 0 Å². The van der Waals surface area contributed by atoms with E-state index in [9.17, 15) is 8.42 Å². The molecular weight excluding hydrogens is 228 g/mol. The fraction of sp³-hybridized carbons (Fsp3) is 0.700. The fourth-order valence-electron chi connectivity index (χ4n) is 1.98. The lowest BCUT2D eigenvalue weighted by Gasteiger charge is -2.22. The Balaban J connectivity index is 2.02. The van der Waals surface area contributed by atoms with Gasteiger partial charge in [-0.15, -0.1) is 0 Å². The second-order valence-electron chi connectivity index (χ2n) is 4.19. The van der Waals surface area contributed by atoms with Crippen LogP contribution >= 0.6 is 0 Å². The molecule has 1 fully saturated rings. The number of hydrogen-bond donors (Lipinski definition) is 1. The van der Waals surface area contributed by atoms with Crippen LogP contribution in [-0.2, 0) is 16.3 Å². The lowest BCUT2D eigenvalue weighted by molar-refractivity contribution is 0.299. The first-order valence-corrected chi connectivity index (χ1v) is 7.27. The van der Waals surface area contributed by atoms with E-state index in [1.54, 1.807) is 6.20 Å². The van der Waals surface area contributed by atoms with Crippen LogP contribution in [-0.4, -0.2) is 41.4 Å². The molecule has 90 valence electrons. The quantitative estimate of drug-likeness (QED) is 0.822. The van der Waals surface area contributed by atoms with Crippen molar-refractivity contribution in [1.29, 1.82) is 0 Å². The molecule has 0 amide bonds. The summed E-state index contributed by atoms with van der Waals surface area (Å²) in [5, 5.41) is 13.0. The molecule has 0 spiro atoms. The fourth-order valence-corrected chi connectivity index (χ4v) is 3.44. The summed E-state index contributed by atoms with van der Waals surface area (Å²) in [7, 11) is -2.81. The van der Waals surface area contributed by atoms with Crippen LogP contribution in [0.25, 0.3) is 0 Å². The maximum Gasteiger partial charge on any atom is 0.150 e. The van der Waals surface area contributed by atoms with E-state index >= 15 is 0 Å². The monoisotopic (exact) mass is 244 g/mol. The minimum Gasteiger partial charge on any atom is -0.396 e. The highest BCUT2D eigenvalue weighted by atomic mass is 32.2. The number of hydrogen-bond acceptors (Lipinski definition) is 4. The van der Waals surface area contributed by atoms with E-state index in [1.165, 1.54) is 0 Å². The van der Waals surface area contributed by atoms with Crippen molar-refractivity contribution >= 4 is 9.84 Å². The molecule has 1 aromatic heterocycles. The predicted octanol–water partition coefficient (Wildman–Crippen LogP) is 0.168. The summed E-state index contributed by atoms with van der Waals surface area (Å²) in [6.45, 7) is 0.116. The molecule has 16 heavy (non-hydrogen) atoms. The molecule has 0 bridgehead atoms. The van der Waals surface area contributed by atoms with Crippen molar-refractivity contribution < 1.29 is 13.5 Å². The van der Waals surface area contributed by atoms with Crippen LogP contribution in [0.1, 0.15) is 24.4 Å². The first kappa shape index (κ1) is 11.6. The van der Waals surface area contributed by atoms with Crippen molar-refractivity contribution in [3.63, 3.8) is 0 Å². The zero-order chi connectivity index (χ0) is 11.6. The van der Waals surface area contributed by atoms with Gasteiger partial charge < -0.3 is 5.11 Å². The van der Waals surface area contributed by atoms with Crippen molar-refractivity contribution in [2.75, 3.05) is 18.1 Å². The smallest absolute Gasteiger partial charge is 0.150 e. The lowest BCUT2D eigenvalue weighted by atomic mass is 10.1. The number of aliphatic hydroxyl groups excluding tert-OH is 1. The summed E-state index contributed by atoms with van der Waals surface area (Å²) in [5.74, 6) is 0.514. The molecule has 6 heteroatoms. The lowest BCUT2D eigenvalue weighted by Crippen LogP contribution is -2.25. The Morgan fingerprint density at radius 3 is 2.75 bits per heavy atom. The van der Waals surface area contributed by atoms with E-state index in [4.69, 9.17) is 5.11 Å². The van der Waals surface area contributed by atoms with Crippen molar-refractivity contribution in [3.05, 3.63) is 18.0 Å². The number of rotatable bonds is 3. The maximum absolute atomic E-state index is 11.3. The van der Waals surface area contributed by atoms with Gasteiger partial charge in [-0.05, 0) is 24.8 Å². The molecule has 1 N–H and O–H groups in total. The Hall–Kier alpha value is -0.880. The number of aromatic nitrogens is 2. The first-order valence-electron chi connectivity index (χ1n) is 5.45.